The normalized spacial score (nSPS) is 11.2. The van der Waals surface area contributed by atoms with Gasteiger partial charge in [0.25, 0.3) is 11.8 Å². The van der Waals surface area contributed by atoms with Gasteiger partial charge in [0.1, 0.15) is 18.1 Å². The fourth-order valence-corrected chi connectivity index (χ4v) is 3.35. The van der Waals surface area contributed by atoms with Crippen LogP contribution in [-0.4, -0.2) is 17.0 Å². The number of benzene rings is 2. The van der Waals surface area contributed by atoms with Gasteiger partial charge >= 0.3 is 6.18 Å². The first-order valence-electron chi connectivity index (χ1n) is 10.6. The zero-order chi connectivity index (χ0) is 25.9. The monoisotopic (exact) mass is 499 g/mol. The maximum Gasteiger partial charge on any atom is 0.418 e. The standard InChI is InChI=1S/C25H20F3N3O5/c1-14-19(15(2)36-31-14)13-35-18-6-3-5-16(11-18)23(32)30-21-9-8-17(12-20(21)25(26,27)28)29-24(33)22-7-4-10-34-22/h3-12H,13H2,1-2H3,(H,29,33)(H,30,32). The second-order valence-corrected chi connectivity index (χ2v) is 7.76. The van der Waals surface area contributed by atoms with Crippen LogP contribution >= 0.6 is 0 Å². The lowest BCUT2D eigenvalue weighted by molar-refractivity contribution is -0.136. The molecule has 0 radical (unpaired) electrons. The minimum Gasteiger partial charge on any atom is -0.489 e. The fourth-order valence-electron chi connectivity index (χ4n) is 3.35. The van der Waals surface area contributed by atoms with Crippen LogP contribution in [0.5, 0.6) is 5.75 Å². The van der Waals surface area contributed by atoms with Crippen molar-refractivity contribution in [2.24, 2.45) is 0 Å². The number of alkyl halides is 3. The van der Waals surface area contributed by atoms with Crippen LogP contribution in [-0.2, 0) is 12.8 Å². The molecule has 8 nitrogen and oxygen atoms in total. The zero-order valence-corrected chi connectivity index (χ0v) is 19.1. The van der Waals surface area contributed by atoms with E-state index in [0.29, 0.717) is 17.2 Å². The zero-order valence-electron chi connectivity index (χ0n) is 19.1. The van der Waals surface area contributed by atoms with E-state index in [1.165, 1.54) is 36.6 Å². The molecule has 4 rings (SSSR count). The molecule has 2 aromatic carbocycles. The number of nitrogens with zero attached hydrogens (tertiary/aromatic N) is 1. The van der Waals surface area contributed by atoms with Gasteiger partial charge in [0, 0.05) is 11.3 Å². The number of nitrogens with one attached hydrogen (secondary N) is 2. The summed E-state index contributed by atoms with van der Waals surface area (Å²) in [5, 5.41) is 8.47. The largest absolute Gasteiger partial charge is 0.489 e. The fraction of sp³-hybridized carbons (Fsp3) is 0.160. The SMILES string of the molecule is Cc1noc(C)c1COc1cccc(C(=O)Nc2ccc(NC(=O)c3ccco3)cc2C(F)(F)F)c1. The van der Waals surface area contributed by atoms with E-state index in [9.17, 15) is 22.8 Å². The van der Waals surface area contributed by atoms with E-state index in [0.717, 1.165) is 17.7 Å². The maximum absolute atomic E-state index is 13.7. The van der Waals surface area contributed by atoms with E-state index in [1.54, 1.807) is 26.0 Å². The second-order valence-electron chi connectivity index (χ2n) is 7.76. The van der Waals surface area contributed by atoms with Gasteiger partial charge in [-0.1, -0.05) is 11.2 Å². The Bertz CT molecular complexity index is 1370. The molecule has 0 saturated heterocycles. The molecular formula is C25H20F3N3O5. The van der Waals surface area contributed by atoms with Crippen LogP contribution in [0.4, 0.5) is 24.5 Å². The molecule has 0 aliphatic heterocycles. The number of hydrogen-bond donors (Lipinski definition) is 2. The summed E-state index contributed by atoms with van der Waals surface area (Å²) in [6.07, 6.45) is -3.53. The Morgan fingerprint density at radius 3 is 2.47 bits per heavy atom. The number of carbonyl (C=O) groups excluding carboxylic acids is 2. The predicted octanol–water partition coefficient (Wildman–Crippen LogP) is 5.99. The number of ether oxygens (including phenoxy) is 1. The molecule has 0 atom stereocenters. The number of anilines is 2. The Hall–Kier alpha value is -4.54. The van der Waals surface area contributed by atoms with E-state index in [1.807, 2.05) is 0 Å². The highest BCUT2D eigenvalue weighted by Crippen LogP contribution is 2.37. The minimum absolute atomic E-state index is 0.0580. The lowest BCUT2D eigenvalue weighted by Crippen LogP contribution is -2.18. The molecule has 0 aliphatic carbocycles. The molecule has 2 aromatic heterocycles. The van der Waals surface area contributed by atoms with Gasteiger partial charge in [-0.3, -0.25) is 9.59 Å². The predicted molar refractivity (Wildman–Crippen MR) is 123 cm³/mol. The molecule has 0 aliphatic rings. The van der Waals surface area contributed by atoms with E-state index < -0.39 is 29.2 Å². The summed E-state index contributed by atoms with van der Waals surface area (Å²) in [6.45, 7) is 3.66. The third-order valence-corrected chi connectivity index (χ3v) is 5.24. The van der Waals surface area contributed by atoms with Gasteiger partial charge in [0.2, 0.25) is 0 Å². The molecule has 0 fully saturated rings. The number of aryl methyl sites for hydroxylation is 2. The van der Waals surface area contributed by atoms with Crippen molar-refractivity contribution in [1.82, 2.24) is 5.16 Å². The van der Waals surface area contributed by atoms with Crippen LogP contribution in [0.3, 0.4) is 0 Å². The molecule has 0 saturated carbocycles. The van der Waals surface area contributed by atoms with Gasteiger partial charge in [0.15, 0.2) is 5.76 Å². The van der Waals surface area contributed by atoms with Crippen molar-refractivity contribution >= 4 is 23.2 Å². The third kappa shape index (κ3) is 5.57. The maximum atomic E-state index is 13.7. The number of halogens is 3. The molecule has 0 bridgehead atoms. The van der Waals surface area contributed by atoms with Crippen LogP contribution in [0.15, 0.2) is 69.8 Å². The highest BCUT2D eigenvalue weighted by atomic mass is 19.4. The van der Waals surface area contributed by atoms with E-state index >= 15 is 0 Å². The molecule has 186 valence electrons. The molecule has 2 amide bonds. The van der Waals surface area contributed by atoms with E-state index in [4.69, 9.17) is 13.7 Å². The van der Waals surface area contributed by atoms with E-state index in [-0.39, 0.29) is 23.6 Å². The van der Waals surface area contributed by atoms with Gasteiger partial charge in [0.05, 0.1) is 28.8 Å². The molecule has 0 unspecified atom stereocenters. The summed E-state index contributed by atoms with van der Waals surface area (Å²) < 4.78 is 57.0. The number of rotatable bonds is 7. The molecule has 2 heterocycles. The molecule has 0 spiro atoms. The van der Waals surface area contributed by atoms with Crippen molar-refractivity contribution in [2.45, 2.75) is 26.6 Å². The summed E-state index contributed by atoms with van der Waals surface area (Å²) in [5.74, 6) is -0.592. The Balaban J connectivity index is 1.50. The van der Waals surface area contributed by atoms with Crippen LogP contribution in [0.2, 0.25) is 0 Å². The Kier molecular flexibility index (Phi) is 6.82. The van der Waals surface area contributed by atoms with Gasteiger partial charge in [-0.25, -0.2) is 0 Å². The number of carbonyl (C=O) groups is 2. The van der Waals surface area contributed by atoms with Gasteiger partial charge in [-0.2, -0.15) is 13.2 Å². The van der Waals surface area contributed by atoms with E-state index in [2.05, 4.69) is 15.8 Å². The van der Waals surface area contributed by atoms with Crippen molar-refractivity contribution in [3.63, 3.8) is 0 Å². The van der Waals surface area contributed by atoms with Crippen molar-refractivity contribution in [2.75, 3.05) is 10.6 Å². The molecule has 4 aromatic rings. The Labute approximate surface area is 203 Å². The number of hydrogen-bond acceptors (Lipinski definition) is 6. The molecule has 2 N–H and O–H groups in total. The topological polar surface area (TPSA) is 107 Å². The number of aromatic nitrogens is 1. The third-order valence-electron chi connectivity index (χ3n) is 5.24. The summed E-state index contributed by atoms with van der Waals surface area (Å²) in [5.41, 5.74) is -0.181. The Morgan fingerprint density at radius 2 is 1.81 bits per heavy atom. The van der Waals surface area contributed by atoms with Gasteiger partial charge in [-0.05, 0) is 62.4 Å². The lowest BCUT2D eigenvalue weighted by atomic mass is 10.1. The van der Waals surface area contributed by atoms with Crippen molar-refractivity contribution < 1.29 is 36.4 Å². The van der Waals surface area contributed by atoms with Gasteiger partial charge < -0.3 is 24.3 Å². The van der Waals surface area contributed by atoms with Crippen molar-refractivity contribution in [3.8, 4) is 5.75 Å². The highest BCUT2D eigenvalue weighted by Gasteiger charge is 2.34. The number of furan rings is 1. The quantitative estimate of drug-likeness (QED) is 0.324. The van der Waals surface area contributed by atoms with Crippen molar-refractivity contribution in [1.29, 1.82) is 0 Å². The van der Waals surface area contributed by atoms with Crippen LogP contribution in [0.25, 0.3) is 0 Å². The second kappa shape index (κ2) is 9.98. The average molecular weight is 499 g/mol. The molecular weight excluding hydrogens is 479 g/mol. The first-order valence-corrected chi connectivity index (χ1v) is 10.6. The summed E-state index contributed by atoms with van der Waals surface area (Å²) >= 11 is 0. The first-order chi connectivity index (χ1) is 17.1. The van der Waals surface area contributed by atoms with Crippen LogP contribution in [0, 0.1) is 13.8 Å². The van der Waals surface area contributed by atoms with Gasteiger partial charge in [-0.15, -0.1) is 0 Å². The lowest BCUT2D eigenvalue weighted by Gasteiger charge is -2.16. The molecule has 11 heteroatoms. The first kappa shape index (κ1) is 24.6. The van der Waals surface area contributed by atoms with Crippen LogP contribution < -0.4 is 15.4 Å². The summed E-state index contributed by atoms with van der Waals surface area (Å²) in [7, 11) is 0. The summed E-state index contributed by atoms with van der Waals surface area (Å²) in [6, 6.07) is 11.9. The Morgan fingerprint density at radius 1 is 1.00 bits per heavy atom. The van der Waals surface area contributed by atoms with Crippen LogP contribution in [0.1, 0.15) is 43.5 Å². The summed E-state index contributed by atoms with van der Waals surface area (Å²) in [4.78, 5) is 24.9. The van der Waals surface area contributed by atoms with Crippen molar-refractivity contribution in [3.05, 3.63) is 94.8 Å². The minimum atomic E-state index is -4.80. The average Bonchev–Trinajstić information content (AvgIpc) is 3.48. The highest BCUT2D eigenvalue weighted by molar-refractivity contribution is 6.05. The number of amides is 2. The molecule has 36 heavy (non-hydrogen) atoms. The smallest absolute Gasteiger partial charge is 0.418 e.